The number of hydrogen-bond acceptors (Lipinski definition) is 7. The minimum Gasteiger partial charge on any atom is -0.369 e. The monoisotopic (exact) mass is 556 g/mol. The van der Waals surface area contributed by atoms with Crippen molar-refractivity contribution in [3.05, 3.63) is 76.6 Å². The van der Waals surface area contributed by atoms with Gasteiger partial charge < -0.3 is 9.88 Å². The van der Waals surface area contributed by atoms with E-state index in [0.717, 1.165) is 6.07 Å². The van der Waals surface area contributed by atoms with Crippen LogP contribution in [0, 0.1) is 22.7 Å². The van der Waals surface area contributed by atoms with Crippen LogP contribution in [0.15, 0.2) is 48.8 Å². The lowest BCUT2D eigenvalue weighted by Gasteiger charge is -2.19. The van der Waals surface area contributed by atoms with Gasteiger partial charge >= 0.3 is 6.18 Å². The van der Waals surface area contributed by atoms with Crippen LogP contribution in [0.1, 0.15) is 46.0 Å². The van der Waals surface area contributed by atoms with E-state index in [1.165, 1.54) is 17.3 Å². The molecule has 2 aromatic heterocycles. The van der Waals surface area contributed by atoms with E-state index < -0.39 is 17.6 Å². The SMILES string of the molecule is CCc1cc2c(c(C(F)(F)F)c1)CN(c1cc(-c3ccc(C#N)cc3-c3nncn3C)cc(NCCC#N)n1)C2=O. The van der Waals surface area contributed by atoms with Crippen LogP contribution in [0.25, 0.3) is 22.5 Å². The molecule has 1 aliphatic heterocycles. The molecule has 4 aromatic rings. The number of anilines is 2. The Balaban J connectivity index is 1.66. The van der Waals surface area contributed by atoms with Crippen LogP contribution < -0.4 is 10.2 Å². The third-order valence-electron chi connectivity index (χ3n) is 6.86. The van der Waals surface area contributed by atoms with Crippen LogP contribution in [0.5, 0.6) is 0 Å². The molecule has 0 fully saturated rings. The maximum Gasteiger partial charge on any atom is 0.416 e. The minimum absolute atomic E-state index is 0.000939. The summed E-state index contributed by atoms with van der Waals surface area (Å²) in [5.41, 5.74) is 1.69. The Kier molecular flexibility index (Phi) is 7.16. The van der Waals surface area contributed by atoms with Gasteiger partial charge in [0.1, 0.15) is 18.0 Å². The van der Waals surface area contributed by atoms with E-state index in [4.69, 9.17) is 5.26 Å². The number of hydrogen-bond donors (Lipinski definition) is 1. The summed E-state index contributed by atoms with van der Waals surface area (Å²) < 4.78 is 43.7. The maximum atomic E-state index is 14.0. The molecule has 0 radical (unpaired) electrons. The maximum absolute atomic E-state index is 14.0. The highest BCUT2D eigenvalue weighted by atomic mass is 19.4. The first-order valence-electron chi connectivity index (χ1n) is 12.7. The smallest absolute Gasteiger partial charge is 0.369 e. The number of fused-ring (bicyclic) bond motifs is 1. The molecule has 0 saturated heterocycles. The number of pyridine rings is 1. The lowest BCUT2D eigenvalue weighted by molar-refractivity contribution is -0.138. The topological polar surface area (TPSA) is 124 Å². The zero-order chi connectivity index (χ0) is 29.3. The Bertz CT molecular complexity index is 1750. The fourth-order valence-electron chi connectivity index (χ4n) is 4.83. The van der Waals surface area contributed by atoms with Gasteiger partial charge in [0.2, 0.25) is 0 Å². The van der Waals surface area contributed by atoms with E-state index in [-0.39, 0.29) is 36.5 Å². The summed E-state index contributed by atoms with van der Waals surface area (Å²) in [7, 11) is 1.76. The number of nitriles is 2. The predicted molar refractivity (Wildman–Crippen MR) is 144 cm³/mol. The number of aryl methyl sites for hydroxylation is 2. The number of carbonyl (C=O) groups is 1. The van der Waals surface area contributed by atoms with E-state index in [2.05, 4.69) is 26.6 Å². The van der Waals surface area contributed by atoms with Gasteiger partial charge in [0.25, 0.3) is 5.91 Å². The van der Waals surface area contributed by atoms with Crippen LogP contribution >= 0.6 is 0 Å². The normalized spacial score (nSPS) is 12.7. The summed E-state index contributed by atoms with van der Waals surface area (Å²) in [4.78, 5) is 19.3. The fourth-order valence-corrected chi connectivity index (χ4v) is 4.83. The molecule has 0 spiro atoms. The van der Waals surface area contributed by atoms with Gasteiger partial charge in [-0.1, -0.05) is 13.0 Å². The van der Waals surface area contributed by atoms with Gasteiger partial charge in [-0.05, 0) is 65.1 Å². The minimum atomic E-state index is -4.63. The van der Waals surface area contributed by atoms with Crippen LogP contribution in [0.3, 0.4) is 0 Å². The molecule has 0 saturated carbocycles. The van der Waals surface area contributed by atoms with E-state index in [1.807, 2.05) is 6.07 Å². The first-order chi connectivity index (χ1) is 19.6. The lowest BCUT2D eigenvalue weighted by atomic mass is 9.97. The lowest BCUT2D eigenvalue weighted by Crippen LogP contribution is -2.24. The second kappa shape index (κ2) is 10.7. The van der Waals surface area contributed by atoms with Crippen molar-refractivity contribution in [2.45, 2.75) is 32.5 Å². The first kappa shape index (κ1) is 27.3. The van der Waals surface area contributed by atoms with Crippen LogP contribution in [-0.4, -0.2) is 32.2 Å². The number of alkyl halides is 3. The molecule has 0 atom stereocenters. The van der Waals surface area contributed by atoms with E-state index >= 15 is 0 Å². The molecule has 1 N–H and O–H groups in total. The predicted octanol–water partition coefficient (Wildman–Crippen LogP) is 5.48. The Hall–Kier alpha value is -5.23. The number of amides is 1. The van der Waals surface area contributed by atoms with Crippen molar-refractivity contribution in [1.29, 1.82) is 10.5 Å². The van der Waals surface area contributed by atoms with E-state index in [1.54, 1.807) is 48.9 Å². The van der Waals surface area contributed by atoms with Crippen LogP contribution in [-0.2, 0) is 26.2 Å². The summed E-state index contributed by atoms with van der Waals surface area (Å²) in [6, 6.07) is 15.1. The number of nitrogens with one attached hydrogen (secondary N) is 1. The van der Waals surface area contributed by atoms with E-state index in [9.17, 15) is 23.2 Å². The molecular formula is C29H23F3N8O. The van der Waals surface area contributed by atoms with E-state index in [0.29, 0.717) is 45.9 Å². The van der Waals surface area contributed by atoms with Gasteiger partial charge in [-0.25, -0.2) is 4.98 Å². The Morgan fingerprint density at radius 1 is 1.07 bits per heavy atom. The number of aromatic nitrogens is 4. The third-order valence-corrected chi connectivity index (χ3v) is 6.86. The van der Waals surface area contributed by atoms with Gasteiger partial charge in [-0.15, -0.1) is 10.2 Å². The van der Waals surface area contributed by atoms with Crippen molar-refractivity contribution in [3.63, 3.8) is 0 Å². The van der Waals surface area contributed by atoms with Gasteiger partial charge in [0, 0.05) is 24.7 Å². The standard InChI is InChI=1S/C29H23F3N8O/c1-3-17-9-22-23(24(11-17)29(30,31)32)15-40(28(22)41)26-13-19(12-25(37-26)35-8-4-7-33)20-6-5-18(14-34)10-21(20)27-38-36-16-39(27)2/h5-6,9-13,16H,3-4,8,15H2,1-2H3,(H,35,37). The molecule has 206 valence electrons. The molecule has 0 aliphatic carbocycles. The molecule has 9 nitrogen and oxygen atoms in total. The highest BCUT2D eigenvalue weighted by Gasteiger charge is 2.40. The average Bonchev–Trinajstić information content (AvgIpc) is 3.54. The van der Waals surface area contributed by atoms with Gasteiger partial charge in [0.05, 0.1) is 36.2 Å². The Morgan fingerprint density at radius 2 is 1.88 bits per heavy atom. The van der Waals surface area contributed by atoms with Crippen LogP contribution in [0.2, 0.25) is 0 Å². The molecule has 1 amide bonds. The highest BCUT2D eigenvalue weighted by molar-refractivity contribution is 6.10. The summed E-state index contributed by atoms with van der Waals surface area (Å²) >= 11 is 0. The molecule has 0 unspecified atom stereocenters. The average molecular weight is 557 g/mol. The number of nitrogens with zero attached hydrogens (tertiary/aromatic N) is 7. The molecule has 0 bridgehead atoms. The number of benzene rings is 2. The molecule has 1 aliphatic rings. The van der Waals surface area contributed by atoms with Crippen molar-refractivity contribution in [2.75, 3.05) is 16.8 Å². The summed E-state index contributed by atoms with van der Waals surface area (Å²) in [6.45, 7) is 1.70. The zero-order valence-electron chi connectivity index (χ0n) is 22.1. The van der Waals surface area contributed by atoms with Gasteiger partial charge in [-0.3, -0.25) is 9.69 Å². The Morgan fingerprint density at radius 3 is 2.54 bits per heavy atom. The molecule has 41 heavy (non-hydrogen) atoms. The van der Waals surface area contributed by atoms with Crippen molar-refractivity contribution < 1.29 is 18.0 Å². The van der Waals surface area contributed by atoms with Gasteiger partial charge in [-0.2, -0.15) is 23.7 Å². The van der Waals surface area contributed by atoms with Crippen molar-refractivity contribution in [3.8, 4) is 34.7 Å². The first-order valence-corrected chi connectivity index (χ1v) is 12.7. The second-order valence-electron chi connectivity index (χ2n) is 9.48. The Labute approximate surface area is 233 Å². The number of rotatable bonds is 7. The fraction of sp³-hybridized carbons (Fsp3) is 0.241. The quantitative estimate of drug-likeness (QED) is 0.299. The largest absolute Gasteiger partial charge is 0.416 e. The molecule has 2 aromatic carbocycles. The molecule has 3 heterocycles. The number of halogens is 3. The summed E-state index contributed by atoms with van der Waals surface area (Å²) in [5.74, 6) is 0.375. The van der Waals surface area contributed by atoms with Crippen molar-refractivity contribution in [1.82, 2.24) is 19.7 Å². The third kappa shape index (κ3) is 5.20. The highest BCUT2D eigenvalue weighted by Crippen LogP contribution is 2.41. The molecule has 12 heteroatoms. The van der Waals surface area contributed by atoms with Gasteiger partial charge in [0.15, 0.2) is 5.82 Å². The van der Waals surface area contributed by atoms with Crippen LogP contribution in [0.4, 0.5) is 24.8 Å². The summed E-state index contributed by atoms with van der Waals surface area (Å²) in [5, 5.41) is 29.7. The van der Waals surface area contributed by atoms with Crippen molar-refractivity contribution >= 4 is 17.5 Å². The molecular weight excluding hydrogens is 533 g/mol. The number of carbonyl (C=O) groups excluding carboxylic acids is 1. The van der Waals surface area contributed by atoms with Crippen molar-refractivity contribution in [2.24, 2.45) is 7.05 Å². The molecule has 5 rings (SSSR count). The zero-order valence-corrected chi connectivity index (χ0v) is 22.1. The summed E-state index contributed by atoms with van der Waals surface area (Å²) in [6.07, 6.45) is -2.58. The second-order valence-corrected chi connectivity index (χ2v) is 9.48.